The molecule has 1 nitrogen and oxygen atoms in total. The molecule has 0 aliphatic rings. The highest BCUT2D eigenvalue weighted by Gasteiger charge is 2.13. The molecular formula is C13H7BrF2O. The number of aldehydes is 1. The molecule has 0 spiro atoms. The third kappa shape index (κ3) is 2.26. The minimum atomic E-state index is -0.649. The standard InChI is InChI=1S/C13H7BrF2O/c14-10-5-6-11(15)12(13(10)16)9-3-1-8(7-17)2-4-9/h1-7H. The van der Waals surface area contributed by atoms with Gasteiger partial charge in [-0.05, 0) is 33.6 Å². The van der Waals surface area contributed by atoms with E-state index in [1.807, 2.05) is 0 Å². The molecule has 17 heavy (non-hydrogen) atoms. The fraction of sp³-hybridized carbons (Fsp3) is 0. The Hall–Kier alpha value is -1.55. The minimum Gasteiger partial charge on any atom is -0.298 e. The van der Waals surface area contributed by atoms with Gasteiger partial charge in [0.05, 0.1) is 10.0 Å². The molecule has 0 amide bonds. The van der Waals surface area contributed by atoms with Crippen molar-refractivity contribution < 1.29 is 13.6 Å². The lowest BCUT2D eigenvalue weighted by atomic mass is 10.0. The summed E-state index contributed by atoms with van der Waals surface area (Å²) in [5.41, 5.74) is 0.758. The predicted octanol–water partition coefficient (Wildman–Crippen LogP) is 4.21. The Balaban J connectivity index is 2.59. The number of carbonyl (C=O) groups excluding carboxylic acids is 1. The highest BCUT2D eigenvalue weighted by molar-refractivity contribution is 9.10. The fourth-order valence-corrected chi connectivity index (χ4v) is 1.85. The maximum Gasteiger partial charge on any atom is 0.150 e. The van der Waals surface area contributed by atoms with Gasteiger partial charge in [0.2, 0.25) is 0 Å². The molecule has 0 aliphatic carbocycles. The Kier molecular flexibility index (Phi) is 3.33. The summed E-state index contributed by atoms with van der Waals surface area (Å²) in [7, 11) is 0. The molecule has 2 aromatic carbocycles. The predicted molar refractivity (Wildman–Crippen MR) is 64.9 cm³/mol. The molecule has 2 aromatic rings. The molecule has 0 N–H and O–H groups in total. The molecule has 0 unspecified atom stereocenters. The van der Waals surface area contributed by atoms with Crippen molar-refractivity contribution in [3.8, 4) is 11.1 Å². The summed E-state index contributed by atoms with van der Waals surface area (Å²) in [6.45, 7) is 0. The smallest absolute Gasteiger partial charge is 0.150 e. The van der Waals surface area contributed by atoms with Gasteiger partial charge in [0.25, 0.3) is 0 Å². The third-order valence-electron chi connectivity index (χ3n) is 2.38. The van der Waals surface area contributed by atoms with Crippen molar-refractivity contribution in [2.45, 2.75) is 0 Å². The molecule has 86 valence electrons. The molecule has 4 heteroatoms. The summed E-state index contributed by atoms with van der Waals surface area (Å²) < 4.78 is 27.5. The van der Waals surface area contributed by atoms with E-state index in [-0.39, 0.29) is 10.0 Å². The molecule has 0 fully saturated rings. The Morgan fingerprint density at radius 1 is 1.00 bits per heavy atom. The number of carbonyl (C=O) groups is 1. The fourth-order valence-electron chi connectivity index (χ4n) is 1.52. The van der Waals surface area contributed by atoms with E-state index < -0.39 is 11.6 Å². The molecule has 0 heterocycles. The van der Waals surface area contributed by atoms with Crippen LogP contribution < -0.4 is 0 Å². The maximum absolute atomic E-state index is 13.8. The van der Waals surface area contributed by atoms with E-state index >= 15 is 0 Å². The summed E-state index contributed by atoms with van der Waals surface area (Å²) in [6, 6.07) is 8.56. The van der Waals surface area contributed by atoms with E-state index in [0.29, 0.717) is 17.4 Å². The van der Waals surface area contributed by atoms with Crippen LogP contribution in [0.25, 0.3) is 11.1 Å². The lowest BCUT2D eigenvalue weighted by Crippen LogP contribution is -1.91. The summed E-state index contributed by atoms with van der Waals surface area (Å²) in [5, 5.41) is 0. The van der Waals surface area contributed by atoms with Crippen molar-refractivity contribution in [1.82, 2.24) is 0 Å². The third-order valence-corrected chi connectivity index (χ3v) is 2.99. The van der Waals surface area contributed by atoms with Crippen LogP contribution >= 0.6 is 15.9 Å². The van der Waals surface area contributed by atoms with Crippen LogP contribution in [0.3, 0.4) is 0 Å². The van der Waals surface area contributed by atoms with Crippen LogP contribution in [-0.2, 0) is 0 Å². The maximum atomic E-state index is 13.8. The average molecular weight is 297 g/mol. The van der Waals surface area contributed by atoms with Crippen LogP contribution in [-0.4, -0.2) is 6.29 Å². The molecule has 0 saturated heterocycles. The van der Waals surface area contributed by atoms with Crippen LogP contribution in [0.5, 0.6) is 0 Å². The van der Waals surface area contributed by atoms with Crippen molar-refractivity contribution in [3.63, 3.8) is 0 Å². The largest absolute Gasteiger partial charge is 0.298 e. The second kappa shape index (κ2) is 4.75. The second-order valence-electron chi connectivity index (χ2n) is 3.46. The number of hydrogen-bond acceptors (Lipinski definition) is 1. The zero-order valence-electron chi connectivity index (χ0n) is 8.58. The van der Waals surface area contributed by atoms with Crippen molar-refractivity contribution in [2.24, 2.45) is 0 Å². The Morgan fingerprint density at radius 2 is 1.65 bits per heavy atom. The van der Waals surface area contributed by atoms with Crippen molar-refractivity contribution in [1.29, 1.82) is 0 Å². The van der Waals surface area contributed by atoms with Crippen LogP contribution in [0.4, 0.5) is 8.78 Å². The quantitative estimate of drug-likeness (QED) is 0.599. The first-order valence-electron chi connectivity index (χ1n) is 4.82. The molecule has 0 aliphatic heterocycles. The SMILES string of the molecule is O=Cc1ccc(-c2c(F)ccc(Br)c2F)cc1. The molecule has 0 bridgehead atoms. The normalized spacial score (nSPS) is 10.3. The first-order chi connectivity index (χ1) is 8.13. The van der Waals surface area contributed by atoms with Gasteiger partial charge in [-0.1, -0.05) is 24.3 Å². The average Bonchev–Trinajstić information content (AvgIpc) is 2.35. The molecule has 0 saturated carbocycles. The first kappa shape index (κ1) is 11.9. The van der Waals surface area contributed by atoms with Crippen molar-refractivity contribution in [2.75, 3.05) is 0 Å². The lowest BCUT2D eigenvalue weighted by Gasteiger charge is -2.06. The number of benzene rings is 2. The van der Waals surface area contributed by atoms with E-state index in [4.69, 9.17) is 0 Å². The van der Waals surface area contributed by atoms with Crippen molar-refractivity contribution >= 4 is 22.2 Å². The topological polar surface area (TPSA) is 17.1 Å². The van der Waals surface area contributed by atoms with Gasteiger partial charge in [-0.25, -0.2) is 8.78 Å². The van der Waals surface area contributed by atoms with E-state index in [2.05, 4.69) is 15.9 Å². The van der Waals surface area contributed by atoms with Crippen LogP contribution in [0.15, 0.2) is 40.9 Å². The van der Waals surface area contributed by atoms with Gasteiger partial charge < -0.3 is 0 Å². The molecule has 0 aromatic heterocycles. The van der Waals surface area contributed by atoms with Gasteiger partial charge in [0.15, 0.2) is 0 Å². The molecule has 0 atom stereocenters. The van der Waals surface area contributed by atoms with Crippen LogP contribution in [0.1, 0.15) is 10.4 Å². The Labute approximate surface area is 105 Å². The Morgan fingerprint density at radius 3 is 2.24 bits per heavy atom. The van der Waals surface area contributed by atoms with Crippen LogP contribution in [0, 0.1) is 11.6 Å². The molecular weight excluding hydrogens is 290 g/mol. The van der Waals surface area contributed by atoms with Gasteiger partial charge in [0.1, 0.15) is 17.9 Å². The van der Waals surface area contributed by atoms with E-state index in [0.717, 1.165) is 0 Å². The molecule has 0 radical (unpaired) electrons. The monoisotopic (exact) mass is 296 g/mol. The van der Waals surface area contributed by atoms with Gasteiger partial charge in [-0.2, -0.15) is 0 Å². The number of rotatable bonds is 2. The van der Waals surface area contributed by atoms with Crippen molar-refractivity contribution in [3.05, 3.63) is 58.1 Å². The summed E-state index contributed by atoms with van der Waals surface area (Å²) in [4.78, 5) is 10.5. The van der Waals surface area contributed by atoms with Gasteiger partial charge >= 0.3 is 0 Å². The van der Waals surface area contributed by atoms with E-state index in [1.54, 1.807) is 0 Å². The van der Waals surface area contributed by atoms with E-state index in [9.17, 15) is 13.6 Å². The summed E-state index contributed by atoms with van der Waals surface area (Å²) in [5.74, 6) is -1.28. The second-order valence-corrected chi connectivity index (χ2v) is 4.31. The number of hydrogen-bond donors (Lipinski definition) is 0. The lowest BCUT2D eigenvalue weighted by molar-refractivity contribution is 0.112. The Bertz CT molecular complexity index is 564. The summed E-state index contributed by atoms with van der Waals surface area (Å²) >= 11 is 3.01. The minimum absolute atomic E-state index is 0.100. The van der Waals surface area contributed by atoms with Crippen LogP contribution in [0.2, 0.25) is 0 Å². The highest BCUT2D eigenvalue weighted by Crippen LogP contribution is 2.30. The zero-order chi connectivity index (χ0) is 12.4. The molecule has 2 rings (SSSR count). The van der Waals surface area contributed by atoms with E-state index in [1.165, 1.54) is 36.4 Å². The van der Waals surface area contributed by atoms with Gasteiger partial charge in [0, 0.05) is 5.56 Å². The highest BCUT2D eigenvalue weighted by atomic mass is 79.9. The summed E-state index contributed by atoms with van der Waals surface area (Å²) in [6.07, 6.45) is 0.678. The first-order valence-corrected chi connectivity index (χ1v) is 5.62. The van der Waals surface area contributed by atoms with Gasteiger partial charge in [-0.15, -0.1) is 0 Å². The number of halogens is 3. The zero-order valence-corrected chi connectivity index (χ0v) is 10.2. The van der Waals surface area contributed by atoms with Gasteiger partial charge in [-0.3, -0.25) is 4.79 Å².